The molecule has 114 valence electrons. The molecule has 1 aromatic heterocycles. The topological polar surface area (TPSA) is 58.9 Å². The van der Waals surface area contributed by atoms with Crippen molar-refractivity contribution in [1.29, 1.82) is 0 Å². The van der Waals surface area contributed by atoms with E-state index < -0.39 is 6.10 Å². The van der Waals surface area contributed by atoms with Crippen LogP contribution in [0.4, 0.5) is 0 Å². The van der Waals surface area contributed by atoms with Crippen molar-refractivity contribution in [2.45, 2.75) is 25.4 Å². The number of rotatable bonds is 8. The standard InChI is InChI=1S/C15H17BrO4S/c16-12-8-15(21-9-12)13(17)6-3-5-11-4-1-2-7-14(11)19-10-20-18/h1-2,4,7-9,13,17-18H,3,5-6,10H2/t13-/m1/s1. The predicted octanol–water partition coefficient (Wildman–Crippen LogP) is 4.39. The highest BCUT2D eigenvalue weighted by molar-refractivity contribution is 9.10. The number of aliphatic hydroxyl groups is 1. The first kappa shape index (κ1) is 16.5. The molecule has 0 aliphatic rings. The molecule has 21 heavy (non-hydrogen) atoms. The highest BCUT2D eigenvalue weighted by Crippen LogP contribution is 2.29. The van der Waals surface area contributed by atoms with E-state index in [1.807, 2.05) is 35.7 Å². The van der Waals surface area contributed by atoms with Gasteiger partial charge >= 0.3 is 0 Å². The summed E-state index contributed by atoms with van der Waals surface area (Å²) in [6, 6.07) is 9.57. The number of ether oxygens (including phenoxy) is 1. The largest absolute Gasteiger partial charge is 0.464 e. The lowest BCUT2D eigenvalue weighted by Gasteiger charge is -2.11. The van der Waals surface area contributed by atoms with Crippen LogP contribution in [0.5, 0.6) is 5.75 Å². The second kappa shape index (κ2) is 8.51. The molecule has 6 heteroatoms. The monoisotopic (exact) mass is 372 g/mol. The molecule has 0 saturated heterocycles. The zero-order valence-electron chi connectivity index (χ0n) is 11.4. The lowest BCUT2D eigenvalue weighted by Crippen LogP contribution is -2.02. The Bertz CT molecular complexity index is 558. The molecule has 2 N–H and O–H groups in total. The van der Waals surface area contributed by atoms with Crippen LogP contribution in [0.2, 0.25) is 0 Å². The molecule has 0 amide bonds. The van der Waals surface area contributed by atoms with Crippen molar-refractivity contribution >= 4 is 27.3 Å². The third-order valence-electron chi connectivity index (χ3n) is 3.08. The summed E-state index contributed by atoms with van der Waals surface area (Å²) in [5.74, 6) is 0.694. The minimum Gasteiger partial charge on any atom is -0.464 e. The van der Waals surface area contributed by atoms with Gasteiger partial charge in [-0.3, -0.25) is 0 Å². The summed E-state index contributed by atoms with van der Waals surface area (Å²) in [4.78, 5) is 4.91. The summed E-state index contributed by atoms with van der Waals surface area (Å²) >= 11 is 4.94. The second-order valence-corrected chi connectivity index (χ2v) is 6.43. The summed E-state index contributed by atoms with van der Waals surface area (Å²) in [5.41, 5.74) is 1.04. The third-order valence-corrected chi connectivity index (χ3v) is 4.87. The number of hydrogen-bond acceptors (Lipinski definition) is 5. The summed E-state index contributed by atoms with van der Waals surface area (Å²) in [5, 5.41) is 20.4. The molecular formula is C15H17BrO4S. The molecule has 2 aromatic rings. The zero-order chi connectivity index (χ0) is 15.1. The third kappa shape index (κ3) is 5.09. The molecule has 0 unspecified atom stereocenters. The Morgan fingerprint density at radius 2 is 2.10 bits per heavy atom. The SMILES string of the molecule is OOCOc1ccccc1CCC[C@@H](O)c1cc(Br)cs1. The number of aliphatic hydroxyl groups excluding tert-OH is 1. The fraction of sp³-hybridized carbons (Fsp3) is 0.333. The van der Waals surface area contributed by atoms with E-state index in [9.17, 15) is 5.11 Å². The van der Waals surface area contributed by atoms with E-state index in [-0.39, 0.29) is 6.79 Å². The van der Waals surface area contributed by atoms with E-state index in [0.29, 0.717) is 12.2 Å². The van der Waals surface area contributed by atoms with E-state index in [1.54, 1.807) is 11.3 Å². The van der Waals surface area contributed by atoms with Gasteiger partial charge in [-0.25, -0.2) is 5.26 Å². The molecule has 0 aliphatic heterocycles. The number of para-hydroxylation sites is 1. The minimum atomic E-state index is -0.435. The van der Waals surface area contributed by atoms with Gasteiger partial charge < -0.3 is 9.84 Å². The quantitative estimate of drug-likeness (QED) is 0.409. The van der Waals surface area contributed by atoms with E-state index in [1.165, 1.54) is 0 Å². The fourth-order valence-corrected chi connectivity index (χ4v) is 3.54. The summed E-state index contributed by atoms with van der Waals surface area (Å²) in [6.45, 7) is -0.192. The molecule has 0 radical (unpaired) electrons. The van der Waals surface area contributed by atoms with Crippen LogP contribution < -0.4 is 4.74 Å². The first-order valence-corrected chi connectivity index (χ1v) is 8.27. The molecule has 0 spiro atoms. The summed E-state index contributed by atoms with van der Waals surface area (Å²) < 4.78 is 6.30. The van der Waals surface area contributed by atoms with Crippen molar-refractivity contribution in [2.24, 2.45) is 0 Å². The van der Waals surface area contributed by atoms with Gasteiger partial charge in [0, 0.05) is 14.7 Å². The van der Waals surface area contributed by atoms with Crippen LogP contribution in [0.1, 0.15) is 29.4 Å². The first-order chi connectivity index (χ1) is 10.2. The maximum atomic E-state index is 10.1. The molecule has 1 atom stereocenters. The Morgan fingerprint density at radius 1 is 1.29 bits per heavy atom. The van der Waals surface area contributed by atoms with Crippen LogP contribution in [-0.2, 0) is 11.3 Å². The smallest absolute Gasteiger partial charge is 0.220 e. The van der Waals surface area contributed by atoms with E-state index in [4.69, 9.17) is 9.99 Å². The van der Waals surface area contributed by atoms with Gasteiger partial charge in [0.05, 0.1) is 6.10 Å². The molecule has 0 aliphatic carbocycles. The van der Waals surface area contributed by atoms with Gasteiger partial charge in [-0.05, 0) is 52.9 Å². The maximum absolute atomic E-state index is 10.1. The van der Waals surface area contributed by atoms with Crippen LogP contribution in [0.25, 0.3) is 0 Å². The Labute approximate surface area is 136 Å². The number of benzene rings is 1. The van der Waals surface area contributed by atoms with Crippen LogP contribution in [0, 0.1) is 0 Å². The predicted molar refractivity (Wildman–Crippen MR) is 85.6 cm³/mol. The van der Waals surface area contributed by atoms with Gasteiger partial charge in [0.2, 0.25) is 6.79 Å². The van der Waals surface area contributed by atoms with Crippen molar-refractivity contribution in [1.82, 2.24) is 0 Å². The average molecular weight is 373 g/mol. The zero-order valence-corrected chi connectivity index (χ0v) is 13.8. The van der Waals surface area contributed by atoms with Crippen molar-refractivity contribution in [3.8, 4) is 5.75 Å². The Balaban J connectivity index is 1.85. The van der Waals surface area contributed by atoms with Crippen LogP contribution in [0.15, 0.2) is 40.2 Å². The van der Waals surface area contributed by atoms with E-state index in [0.717, 1.165) is 27.8 Å². The minimum absolute atomic E-state index is 0.192. The Morgan fingerprint density at radius 3 is 2.81 bits per heavy atom. The van der Waals surface area contributed by atoms with Crippen LogP contribution in [0.3, 0.4) is 0 Å². The molecular weight excluding hydrogens is 356 g/mol. The summed E-state index contributed by atoms with van der Waals surface area (Å²) in [7, 11) is 0. The van der Waals surface area contributed by atoms with Gasteiger partial charge in [-0.2, -0.15) is 4.89 Å². The Kier molecular flexibility index (Phi) is 6.66. The van der Waals surface area contributed by atoms with Crippen molar-refractivity contribution < 1.29 is 20.0 Å². The normalized spacial score (nSPS) is 12.3. The molecule has 0 fully saturated rings. The fourth-order valence-electron chi connectivity index (χ4n) is 2.07. The molecule has 1 heterocycles. The number of aryl methyl sites for hydroxylation is 1. The van der Waals surface area contributed by atoms with Gasteiger partial charge in [-0.1, -0.05) is 18.2 Å². The van der Waals surface area contributed by atoms with Gasteiger partial charge in [0.15, 0.2) is 0 Å². The van der Waals surface area contributed by atoms with Crippen LogP contribution >= 0.6 is 27.3 Å². The maximum Gasteiger partial charge on any atom is 0.220 e. The lowest BCUT2D eigenvalue weighted by atomic mass is 10.0. The number of hydrogen-bond donors (Lipinski definition) is 2. The molecule has 4 nitrogen and oxygen atoms in total. The van der Waals surface area contributed by atoms with Crippen LogP contribution in [-0.4, -0.2) is 17.2 Å². The highest BCUT2D eigenvalue weighted by Gasteiger charge is 2.11. The van der Waals surface area contributed by atoms with Crippen molar-refractivity contribution in [2.75, 3.05) is 6.79 Å². The van der Waals surface area contributed by atoms with Gasteiger partial charge in [-0.15, -0.1) is 11.3 Å². The van der Waals surface area contributed by atoms with Gasteiger partial charge in [0.25, 0.3) is 0 Å². The average Bonchev–Trinajstić information content (AvgIpc) is 2.93. The second-order valence-electron chi connectivity index (χ2n) is 4.57. The Hall–Kier alpha value is -0.920. The van der Waals surface area contributed by atoms with Crippen molar-refractivity contribution in [3.05, 3.63) is 50.6 Å². The van der Waals surface area contributed by atoms with E-state index >= 15 is 0 Å². The van der Waals surface area contributed by atoms with Gasteiger partial charge in [0.1, 0.15) is 5.75 Å². The molecule has 1 aromatic carbocycles. The van der Waals surface area contributed by atoms with Crippen molar-refractivity contribution in [3.63, 3.8) is 0 Å². The van der Waals surface area contributed by atoms with E-state index in [2.05, 4.69) is 20.8 Å². The highest BCUT2D eigenvalue weighted by atomic mass is 79.9. The molecule has 2 rings (SSSR count). The first-order valence-electron chi connectivity index (χ1n) is 6.59. The summed E-state index contributed by atoms with van der Waals surface area (Å²) in [6.07, 6.45) is 1.90. The lowest BCUT2D eigenvalue weighted by molar-refractivity contribution is -0.278. The number of halogens is 1. The number of thiophene rings is 1. The molecule has 0 bridgehead atoms. The molecule has 0 saturated carbocycles.